The number of rotatable bonds is 5. The number of ether oxygens (including phenoxy) is 2. The van der Waals surface area contributed by atoms with E-state index in [1.54, 1.807) is 25.4 Å². The van der Waals surface area contributed by atoms with E-state index in [0.717, 1.165) is 16.3 Å². The summed E-state index contributed by atoms with van der Waals surface area (Å²) in [4.78, 5) is 32.9. The van der Waals surface area contributed by atoms with Crippen molar-refractivity contribution in [1.82, 2.24) is 14.9 Å². The fourth-order valence-corrected chi connectivity index (χ4v) is 5.07. The molecule has 3 heterocycles. The summed E-state index contributed by atoms with van der Waals surface area (Å²) in [5.41, 5.74) is 1.22. The molecule has 8 nitrogen and oxygen atoms in total. The maximum absolute atomic E-state index is 13.4. The highest BCUT2D eigenvalue weighted by Gasteiger charge is 2.47. The Morgan fingerprint density at radius 1 is 1.00 bits per heavy atom. The van der Waals surface area contributed by atoms with Crippen molar-refractivity contribution in [1.29, 1.82) is 0 Å². The molecule has 5 rings (SSSR count). The summed E-state index contributed by atoms with van der Waals surface area (Å²) in [7, 11) is 3.18. The van der Waals surface area contributed by atoms with Gasteiger partial charge in [-0.2, -0.15) is 5.10 Å². The standard InChI is InChI=1S/C28H30N4O4/c1-28(2)25(19-9-10-22(35-3)23(17-19)36-4)30-32(27(28)34)20-12-15-31(16-13-20)26(33)24-21-8-6-5-7-18(21)11-14-29-24/h5-11,14,17,20H,12-13,15-16H2,1-4H3. The van der Waals surface area contributed by atoms with E-state index in [9.17, 15) is 9.59 Å². The molecule has 2 aromatic carbocycles. The zero-order chi connectivity index (χ0) is 25.4. The van der Waals surface area contributed by atoms with Crippen LogP contribution in [0.4, 0.5) is 0 Å². The van der Waals surface area contributed by atoms with Gasteiger partial charge in [0.2, 0.25) is 0 Å². The van der Waals surface area contributed by atoms with Crippen molar-refractivity contribution in [3.05, 3.63) is 66.0 Å². The number of benzene rings is 2. The zero-order valence-corrected chi connectivity index (χ0v) is 21.0. The van der Waals surface area contributed by atoms with Gasteiger partial charge in [-0.05, 0) is 56.3 Å². The number of pyridine rings is 1. The SMILES string of the molecule is COc1ccc(C2=NN(C3CCN(C(=O)c4nccc5ccccc45)CC3)C(=O)C2(C)C)cc1OC. The molecule has 2 aliphatic heterocycles. The van der Waals surface area contributed by atoms with Crippen LogP contribution in [0, 0.1) is 5.41 Å². The zero-order valence-electron chi connectivity index (χ0n) is 21.0. The average Bonchev–Trinajstić information content (AvgIpc) is 3.16. The van der Waals surface area contributed by atoms with E-state index in [1.165, 1.54) is 0 Å². The quantitative estimate of drug-likeness (QED) is 0.542. The summed E-state index contributed by atoms with van der Waals surface area (Å²) in [6, 6.07) is 15.2. The van der Waals surface area contributed by atoms with E-state index in [-0.39, 0.29) is 17.9 Å². The lowest BCUT2D eigenvalue weighted by atomic mass is 9.83. The van der Waals surface area contributed by atoms with Crippen molar-refractivity contribution < 1.29 is 19.1 Å². The van der Waals surface area contributed by atoms with Gasteiger partial charge in [0.25, 0.3) is 11.8 Å². The summed E-state index contributed by atoms with van der Waals surface area (Å²) in [6.07, 6.45) is 2.99. The van der Waals surface area contributed by atoms with Crippen molar-refractivity contribution >= 4 is 28.3 Å². The summed E-state index contributed by atoms with van der Waals surface area (Å²) >= 11 is 0. The molecule has 1 fully saturated rings. The Hall–Kier alpha value is -3.94. The molecule has 2 amide bonds. The Kier molecular flexibility index (Phi) is 6.12. The third kappa shape index (κ3) is 3.96. The Balaban J connectivity index is 1.34. The highest BCUT2D eigenvalue weighted by molar-refractivity contribution is 6.19. The lowest BCUT2D eigenvalue weighted by molar-refractivity contribution is -0.137. The van der Waals surface area contributed by atoms with Gasteiger partial charge in [-0.25, -0.2) is 5.01 Å². The molecule has 186 valence electrons. The molecule has 0 unspecified atom stereocenters. The first-order valence-electron chi connectivity index (χ1n) is 12.1. The van der Waals surface area contributed by atoms with E-state index in [4.69, 9.17) is 14.6 Å². The number of aromatic nitrogens is 1. The molecule has 1 saturated heterocycles. The van der Waals surface area contributed by atoms with Crippen LogP contribution in [0.2, 0.25) is 0 Å². The topological polar surface area (TPSA) is 84.3 Å². The number of nitrogens with zero attached hydrogens (tertiary/aromatic N) is 4. The highest BCUT2D eigenvalue weighted by Crippen LogP contribution is 2.37. The Bertz CT molecular complexity index is 1350. The van der Waals surface area contributed by atoms with Crippen molar-refractivity contribution in [3.8, 4) is 11.5 Å². The first kappa shape index (κ1) is 23.8. The van der Waals surface area contributed by atoms with E-state index in [2.05, 4.69) is 4.98 Å². The van der Waals surface area contributed by atoms with E-state index in [1.807, 2.05) is 67.3 Å². The van der Waals surface area contributed by atoms with Crippen LogP contribution >= 0.6 is 0 Å². The maximum Gasteiger partial charge on any atom is 0.273 e. The number of piperidine rings is 1. The van der Waals surface area contributed by atoms with Crippen molar-refractivity contribution in [2.75, 3.05) is 27.3 Å². The summed E-state index contributed by atoms with van der Waals surface area (Å²) in [6.45, 7) is 4.88. The molecule has 0 bridgehead atoms. The molecule has 0 spiro atoms. The van der Waals surface area contributed by atoms with Crippen LogP contribution in [-0.4, -0.2) is 65.8 Å². The molecular formula is C28H30N4O4. The lowest BCUT2D eigenvalue weighted by Gasteiger charge is -2.35. The minimum atomic E-state index is -0.778. The Labute approximate surface area is 210 Å². The third-order valence-corrected chi connectivity index (χ3v) is 7.17. The Morgan fingerprint density at radius 2 is 1.72 bits per heavy atom. The molecule has 0 N–H and O–H groups in total. The fraction of sp³-hybridized carbons (Fsp3) is 0.357. The molecule has 36 heavy (non-hydrogen) atoms. The number of hydrogen-bond donors (Lipinski definition) is 0. The molecule has 8 heteroatoms. The highest BCUT2D eigenvalue weighted by atomic mass is 16.5. The number of carbonyl (C=O) groups excluding carboxylic acids is 2. The molecule has 0 atom stereocenters. The van der Waals surface area contributed by atoms with E-state index in [0.29, 0.717) is 48.8 Å². The van der Waals surface area contributed by atoms with Gasteiger partial charge in [0.1, 0.15) is 5.69 Å². The molecule has 0 aliphatic carbocycles. The molecular weight excluding hydrogens is 456 g/mol. The fourth-order valence-electron chi connectivity index (χ4n) is 5.07. The minimum absolute atomic E-state index is 0.0345. The number of hydrogen-bond acceptors (Lipinski definition) is 6. The first-order chi connectivity index (χ1) is 17.3. The Morgan fingerprint density at radius 3 is 2.44 bits per heavy atom. The number of hydrazone groups is 1. The largest absolute Gasteiger partial charge is 0.493 e. The predicted molar refractivity (Wildman–Crippen MR) is 137 cm³/mol. The van der Waals surface area contributed by atoms with Gasteiger partial charge < -0.3 is 14.4 Å². The van der Waals surface area contributed by atoms with Crippen molar-refractivity contribution in [2.45, 2.75) is 32.7 Å². The van der Waals surface area contributed by atoms with Gasteiger partial charge >= 0.3 is 0 Å². The van der Waals surface area contributed by atoms with Gasteiger partial charge in [0.15, 0.2) is 11.5 Å². The smallest absolute Gasteiger partial charge is 0.273 e. The monoisotopic (exact) mass is 486 g/mol. The van der Waals surface area contributed by atoms with E-state index >= 15 is 0 Å². The van der Waals surface area contributed by atoms with Gasteiger partial charge in [-0.15, -0.1) is 0 Å². The molecule has 0 saturated carbocycles. The summed E-state index contributed by atoms with van der Waals surface area (Å²) < 4.78 is 10.8. The van der Waals surface area contributed by atoms with Crippen molar-refractivity contribution in [2.24, 2.45) is 10.5 Å². The van der Waals surface area contributed by atoms with Crippen LogP contribution in [0.5, 0.6) is 11.5 Å². The number of likely N-dealkylation sites (tertiary alicyclic amines) is 1. The maximum atomic E-state index is 13.4. The normalized spacial score (nSPS) is 17.9. The number of methoxy groups -OCH3 is 2. The van der Waals surface area contributed by atoms with Crippen LogP contribution in [0.3, 0.4) is 0 Å². The molecule has 3 aromatic rings. The predicted octanol–water partition coefficient (Wildman–Crippen LogP) is 4.13. The van der Waals surface area contributed by atoms with E-state index < -0.39 is 5.41 Å². The van der Waals surface area contributed by atoms with Gasteiger partial charge in [0, 0.05) is 30.2 Å². The second-order valence-corrected chi connectivity index (χ2v) is 9.70. The number of amides is 2. The second kappa shape index (κ2) is 9.26. The van der Waals surface area contributed by atoms with Gasteiger partial charge in [-0.1, -0.05) is 24.3 Å². The second-order valence-electron chi connectivity index (χ2n) is 9.70. The summed E-state index contributed by atoms with van der Waals surface area (Å²) in [5.74, 6) is 1.10. The molecule has 1 aromatic heterocycles. The molecule has 2 aliphatic rings. The average molecular weight is 487 g/mol. The van der Waals surface area contributed by atoms with Crippen LogP contribution in [0.1, 0.15) is 42.7 Å². The third-order valence-electron chi connectivity index (χ3n) is 7.17. The van der Waals surface area contributed by atoms with Gasteiger partial charge in [-0.3, -0.25) is 14.6 Å². The van der Waals surface area contributed by atoms with Gasteiger partial charge in [0.05, 0.1) is 31.4 Å². The van der Waals surface area contributed by atoms with Crippen LogP contribution in [0.15, 0.2) is 59.8 Å². The number of fused-ring (bicyclic) bond motifs is 1. The van der Waals surface area contributed by atoms with Crippen LogP contribution in [-0.2, 0) is 4.79 Å². The molecule has 0 radical (unpaired) electrons. The lowest BCUT2D eigenvalue weighted by Crippen LogP contribution is -2.47. The van der Waals surface area contributed by atoms with Crippen LogP contribution < -0.4 is 9.47 Å². The van der Waals surface area contributed by atoms with Crippen molar-refractivity contribution in [3.63, 3.8) is 0 Å². The minimum Gasteiger partial charge on any atom is -0.493 e. The van der Waals surface area contributed by atoms with Crippen LogP contribution in [0.25, 0.3) is 10.8 Å². The first-order valence-corrected chi connectivity index (χ1v) is 12.1. The summed E-state index contributed by atoms with van der Waals surface area (Å²) in [5, 5.41) is 8.28. The number of carbonyl (C=O) groups is 2.